The molecular formula is C10H9ClO2. The number of carbonyl (C=O) groups excluding carboxylic acids is 1. The Hall–Kier alpha value is -1.02. The number of rotatable bonds is 0. The van der Waals surface area contributed by atoms with Crippen molar-refractivity contribution in [2.24, 2.45) is 0 Å². The van der Waals surface area contributed by atoms with Gasteiger partial charge in [0.2, 0.25) is 0 Å². The first-order valence-corrected chi connectivity index (χ1v) is 4.54. The fourth-order valence-electron chi connectivity index (χ4n) is 1.46. The summed E-state index contributed by atoms with van der Waals surface area (Å²) in [6.07, 6.45) is 0.368. The molecule has 0 amide bonds. The van der Waals surface area contributed by atoms with Crippen LogP contribution in [0.2, 0.25) is 5.02 Å². The van der Waals surface area contributed by atoms with Crippen molar-refractivity contribution in [1.82, 2.24) is 0 Å². The van der Waals surface area contributed by atoms with Crippen molar-refractivity contribution in [1.29, 1.82) is 0 Å². The van der Waals surface area contributed by atoms with Crippen LogP contribution in [0.3, 0.4) is 0 Å². The lowest BCUT2D eigenvalue weighted by Gasteiger charge is -2.22. The standard InChI is InChI=1S/C10H9ClO2/c1-6-5-9(12)7-3-2-4-8(11)10(7)13-6/h2-4,6H,5H2,1H3. The third-order valence-corrected chi connectivity index (χ3v) is 2.36. The van der Waals surface area contributed by atoms with E-state index < -0.39 is 0 Å². The van der Waals surface area contributed by atoms with E-state index in [0.29, 0.717) is 22.8 Å². The minimum atomic E-state index is -0.0695. The SMILES string of the molecule is CC1CC(=O)c2cccc(Cl)c2O1. The summed E-state index contributed by atoms with van der Waals surface area (Å²) in [6.45, 7) is 1.87. The summed E-state index contributed by atoms with van der Waals surface area (Å²) >= 11 is 5.90. The van der Waals surface area contributed by atoms with Crippen LogP contribution >= 0.6 is 11.6 Å². The number of halogens is 1. The largest absolute Gasteiger partial charge is 0.488 e. The number of hydrogen-bond acceptors (Lipinski definition) is 2. The fourth-order valence-corrected chi connectivity index (χ4v) is 1.68. The molecule has 0 aromatic heterocycles. The Morgan fingerprint density at radius 3 is 3.08 bits per heavy atom. The highest BCUT2D eigenvalue weighted by atomic mass is 35.5. The lowest BCUT2D eigenvalue weighted by molar-refractivity contribution is 0.0871. The maximum Gasteiger partial charge on any atom is 0.170 e. The molecule has 2 nitrogen and oxygen atoms in total. The fraction of sp³-hybridized carbons (Fsp3) is 0.300. The van der Waals surface area contributed by atoms with Gasteiger partial charge in [0.25, 0.3) is 0 Å². The van der Waals surface area contributed by atoms with E-state index in [2.05, 4.69) is 0 Å². The van der Waals surface area contributed by atoms with Crippen molar-refractivity contribution in [2.75, 3.05) is 0 Å². The van der Waals surface area contributed by atoms with Gasteiger partial charge in [-0.2, -0.15) is 0 Å². The van der Waals surface area contributed by atoms with Gasteiger partial charge < -0.3 is 4.74 Å². The van der Waals surface area contributed by atoms with Gasteiger partial charge in [-0.15, -0.1) is 0 Å². The lowest BCUT2D eigenvalue weighted by atomic mass is 10.0. The molecule has 1 aromatic rings. The van der Waals surface area contributed by atoms with Gasteiger partial charge >= 0.3 is 0 Å². The van der Waals surface area contributed by atoms with E-state index in [1.165, 1.54) is 0 Å². The zero-order valence-corrected chi connectivity index (χ0v) is 7.97. The molecule has 2 rings (SSSR count). The van der Waals surface area contributed by atoms with Gasteiger partial charge in [0.15, 0.2) is 5.78 Å². The van der Waals surface area contributed by atoms with Crippen LogP contribution < -0.4 is 4.74 Å². The Kier molecular flexibility index (Phi) is 2.00. The van der Waals surface area contributed by atoms with E-state index in [1.807, 2.05) is 6.92 Å². The van der Waals surface area contributed by atoms with E-state index in [4.69, 9.17) is 16.3 Å². The first kappa shape index (κ1) is 8.57. The monoisotopic (exact) mass is 196 g/mol. The van der Waals surface area contributed by atoms with Crippen molar-refractivity contribution in [2.45, 2.75) is 19.4 Å². The molecule has 3 heteroatoms. The first-order chi connectivity index (χ1) is 6.18. The van der Waals surface area contributed by atoms with Crippen LogP contribution in [-0.4, -0.2) is 11.9 Å². The molecule has 1 heterocycles. The number of carbonyl (C=O) groups is 1. The van der Waals surface area contributed by atoms with Gasteiger partial charge in [0, 0.05) is 6.42 Å². The molecule has 1 unspecified atom stereocenters. The van der Waals surface area contributed by atoms with E-state index in [0.717, 1.165) is 0 Å². The second-order valence-electron chi connectivity index (χ2n) is 3.17. The average Bonchev–Trinajstić information content (AvgIpc) is 2.07. The lowest BCUT2D eigenvalue weighted by Crippen LogP contribution is -2.24. The number of benzene rings is 1. The predicted molar refractivity (Wildman–Crippen MR) is 50.5 cm³/mol. The van der Waals surface area contributed by atoms with Crippen LogP contribution in [0.5, 0.6) is 5.75 Å². The predicted octanol–water partition coefficient (Wildman–Crippen LogP) is 2.69. The smallest absolute Gasteiger partial charge is 0.170 e. The van der Waals surface area contributed by atoms with Crippen molar-refractivity contribution >= 4 is 17.4 Å². The highest BCUT2D eigenvalue weighted by Crippen LogP contribution is 2.34. The quantitative estimate of drug-likeness (QED) is 0.638. The molecule has 0 saturated heterocycles. The Bertz CT molecular complexity index is 360. The first-order valence-electron chi connectivity index (χ1n) is 4.17. The summed E-state index contributed by atoms with van der Waals surface area (Å²) in [7, 11) is 0. The molecule has 1 aliphatic rings. The highest BCUT2D eigenvalue weighted by Gasteiger charge is 2.24. The molecule has 0 N–H and O–H groups in total. The number of ketones is 1. The van der Waals surface area contributed by atoms with Crippen LogP contribution in [-0.2, 0) is 0 Å². The van der Waals surface area contributed by atoms with Gasteiger partial charge in [-0.3, -0.25) is 4.79 Å². The third kappa shape index (κ3) is 1.42. The van der Waals surface area contributed by atoms with Gasteiger partial charge in [-0.05, 0) is 19.1 Å². The molecule has 0 aliphatic carbocycles. The molecule has 0 saturated carbocycles. The van der Waals surface area contributed by atoms with Gasteiger partial charge in [0.1, 0.15) is 11.9 Å². The summed E-state index contributed by atoms with van der Waals surface area (Å²) in [5.41, 5.74) is 0.602. The maximum absolute atomic E-state index is 11.5. The van der Waals surface area contributed by atoms with Gasteiger partial charge in [-0.1, -0.05) is 17.7 Å². The number of Topliss-reactive ketones (excluding diaryl/α,β-unsaturated/α-hetero) is 1. The number of ether oxygens (including phenoxy) is 1. The highest BCUT2D eigenvalue weighted by molar-refractivity contribution is 6.32. The Morgan fingerprint density at radius 1 is 1.54 bits per heavy atom. The summed E-state index contributed by atoms with van der Waals surface area (Å²) < 4.78 is 5.48. The minimum Gasteiger partial charge on any atom is -0.488 e. The summed E-state index contributed by atoms with van der Waals surface area (Å²) in [5.74, 6) is 0.643. The molecule has 13 heavy (non-hydrogen) atoms. The van der Waals surface area contributed by atoms with Crippen molar-refractivity contribution in [3.05, 3.63) is 28.8 Å². The molecule has 1 aromatic carbocycles. The van der Waals surface area contributed by atoms with Crippen LogP contribution in [0.4, 0.5) is 0 Å². The molecular weight excluding hydrogens is 188 g/mol. The van der Waals surface area contributed by atoms with Gasteiger partial charge in [0.05, 0.1) is 10.6 Å². The van der Waals surface area contributed by atoms with Crippen LogP contribution in [0.15, 0.2) is 18.2 Å². The zero-order valence-electron chi connectivity index (χ0n) is 7.21. The average molecular weight is 197 g/mol. The third-order valence-electron chi connectivity index (χ3n) is 2.06. The van der Waals surface area contributed by atoms with E-state index in [9.17, 15) is 4.79 Å². The number of fused-ring (bicyclic) bond motifs is 1. The molecule has 0 radical (unpaired) electrons. The summed E-state index contributed by atoms with van der Waals surface area (Å²) in [5, 5.41) is 0.511. The molecule has 0 spiro atoms. The van der Waals surface area contributed by atoms with Gasteiger partial charge in [-0.25, -0.2) is 0 Å². The number of hydrogen-bond donors (Lipinski definition) is 0. The van der Waals surface area contributed by atoms with Crippen LogP contribution in [0.1, 0.15) is 23.7 Å². The minimum absolute atomic E-state index is 0.0695. The van der Waals surface area contributed by atoms with Crippen molar-refractivity contribution in [3.8, 4) is 5.75 Å². The van der Waals surface area contributed by atoms with E-state index in [1.54, 1.807) is 18.2 Å². The van der Waals surface area contributed by atoms with Crippen LogP contribution in [0.25, 0.3) is 0 Å². The second-order valence-corrected chi connectivity index (χ2v) is 3.58. The van der Waals surface area contributed by atoms with Crippen molar-refractivity contribution in [3.63, 3.8) is 0 Å². The molecule has 0 fully saturated rings. The molecule has 1 aliphatic heterocycles. The Labute approximate surface area is 81.5 Å². The normalized spacial score (nSPS) is 20.8. The van der Waals surface area contributed by atoms with E-state index in [-0.39, 0.29) is 11.9 Å². The summed E-state index contributed by atoms with van der Waals surface area (Å²) in [4.78, 5) is 11.5. The topological polar surface area (TPSA) is 26.3 Å². The molecule has 1 atom stereocenters. The Morgan fingerprint density at radius 2 is 2.31 bits per heavy atom. The second kappa shape index (κ2) is 3.04. The summed E-state index contributed by atoms with van der Waals surface area (Å²) in [6, 6.07) is 5.24. The molecule has 0 bridgehead atoms. The zero-order chi connectivity index (χ0) is 9.42. The van der Waals surface area contributed by atoms with Crippen LogP contribution in [0, 0.1) is 0 Å². The molecule has 68 valence electrons. The number of para-hydroxylation sites is 1. The Balaban J connectivity index is 2.55. The maximum atomic E-state index is 11.5. The van der Waals surface area contributed by atoms with E-state index >= 15 is 0 Å². The van der Waals surface area contributed by atoms with Crippen molar-refractivity contribution < 1.29 is 9.53 Å².